The molecule has 1 aromatic heterocycles. The summed E-state index contributed by atoms with van der Waals surface area (Å²) in [6.07, 6.45) is 7.09. The topological polar surface area (TPSA) is 74.6 Å². The number of pyridine rings is 1. The molecule has 4 heterocycles. The van der Waals surface area contributed by atoms with Crippen LogP contribution in [-0.4, -0.2) is 54.2 Å². The number of benzene rings is 1. The minimum Gasteiger partial charge on any atom is -0.379 e. The molecule has 8 nitrogen and oxygen atoms in total. The number of aromatic nitrogens is 1. The second-order valence-corrected chi connectivity index (χ2v) is 6.91. The highest BCUT2D eigenvalue weighted by molar-refractivity contribution is 6.15. The third-order valence-corrected chi connectivity index (χ3v) is 5.17. The van der Waals surface area contributed by atoms with Crippen LogP contribution < -0.4 is 10.4 Å². The van der Waals surface area contributed by atoms with E-state index in [1.807, 2.05) is 59.9 Å². The van der Waals surface area contributed by atoms with E-state index in [0.717, 1.165) is 35.7 Å². The maximum atomic E-state index is 6.51. The van der Waals surface area contributed by atoms with Crippen LogP contribution in [0, 0.1) is 0 Å². The summed E-state index contributed by atoms with van der Waals surface area (Å²) in [5.41, 5.74) is 6.19. The fourth-order valence-corrected chi connectivity index (χ4v) is 3.74. The molecule has 1 atom stereocenters. The van der Waals surface area contributed by atoms with Crippen LogP contribution in [0.3, 0.4) is 0 Å². The van der Waals surface area contributed by atoms with Crippen molar-refractivity contribution in [3.63, 3.8) is 0 Å². The minimum absolute atomic E-state index is 0.387. The largest absolute Gasteiger partial charge is 0.379 e. The number of hydrogen-bond acceptors (Lipinski definition) is 8. The Morgan fingerprint density at radius 1 is 1.10 bits per heavy atom. The SMILES string of the molecule is C1=NC(OCc2cccnc2)(N2CCOCC2)C2=CNN(c3ccccc3)C2=N1. The Bertz CT molecular complexity index is 940. The van der Waals surface area contributed by atoms with Crippen LogP contribution in [0.2, 0.25) is 0 Å². The minimum atomic E-state index is -0.965. The lowest BCUT2D eigenvalue weighted by Crippen LogP contribution is -2.57. The quantitative estimate of drug-likeness (QED) is 0.841. The fraction of sp³-hybridized carbons (Fsp3) is 0.286. The maximum Gasteiger partial charge on any atom is 0.252 e. The van der Waals surface area contributed by atoms with Crippen molar-refractivity contribution >= 4 is 17.9 Å². The fourth-order valence-electron chi connectivity index (χ4n) is 3.74. The van der Waals surface area contributed by atoms with Gasteiger partial charge in [-0.2, -0.15) is 0 Å². The highest BCUT2D eigenvalue weighted by Gasteiger charge is 2.49. The first-order valence-electron chi connectivity index (χ1n) is 9.66. The van der Waals surface area contributed by atoms with Gasteiger partial charge in [0.15, 0.2) is 5.84 Å². The molecule has 29 heavy (non-hydrogen) atoms. The molecule has 1 saturated heterocycles. The molecule has 1 fully saturated rings. The van der Waals surface area contributed by atoms with Crippen molar-refractivity contribution in [3.05, 3.63) is 72.2 Å². The van der Waals surface area contributed by atoms with Crippen molar-refractivity contribution in [2.75, 3.05) is 31.3 Å². The number of aliphatic imine (C=N–C) groups is 2. The van der Waals surface area contributed by atoms with Crippen LogP contribution in [-0.2, 0) is 16.1 Å². The van der Waals surface area contributed by atoms with Gasteiger partial charge in [-0.25, -0.2) is 19.9 Å². The van der Waals surface area contributed by atoms with Gasteiger partial charge in [0.2, 0.25) is 0 Å². The van der Waals surface area contributed by atoms with E-state index in [2.05, 4.69) is 20.3 Å². The average molecular weight is 390 g/mol. The van der Waals surface area contributed by atoms with E-state index in [-0.39, 0.29) is 0 Å². The number of morpholine rings is 1. The molecule has 0 spiro atoms. The summed E-state index contributed by atoms with van der Waals surface area (Å²) < 4.78 is 12.1. The van der Waals surface area contributed by atoms with Crippen LogP contribution in [0.4, 0.5) is 5.69 Å². The molecule has 0 amide bonds. The van der Waals surface area contributed by atoms with Gasteiger partial charge in [0.05, 0.1) is 31.1 Å². The molecule has 1 N–H and O–H groups in total. The molecule has 3 aliphatic heterocycles. The van der Waals surface area contributed by atoms with Gasteiger partial charge < -0.3 is 9.47 Å². The highest BCUT2D eigenvalue weighted by atomic mass is 16.5. The summed E-state index contributed by atoms with van der Waals surface area (Å²) in [5, 5.41) is 1.95. The number of para-hydroxylation sites is 1. The van der Waals surface area contributed by atoms with Crippen molar-refractivity contribution in [1.29, 1.82) is 0 Å². The summed E-state index contributed by atoms with van der Waals surface area (Å²) in [6, 6.07) is 14.0. The second-order valence-electron chi connectivity index (χ2n) is 6.91. The number of fused-ring (bicyclic) bond motifs is 1. The van der Waals surface area contributed by atoms with Gasteiger partial charge in [0, 0.05) is 31.7 Å². The Hall–Kier alpha value is -3.07. The van der Waals surface area contributed by atoms with Crippen LogP contribution in [0.15, 0.2) is 76.6 Å². The molecular weight excluding hydrogens is 368 g/mol. The summed E-state index contributed by atoms with van der Waals surface area (Å²) >= 11 is 0. The summed E-state index contributed by atoms with van der Waals surface area (Å²) in [4.78, 5) is 15.7. The molecule has 0 aliphatic carbocycles. The smallest absolute Gasteiger partial charge is 0.252 e. The Kier molecular flexibility index (Phi) is 4.81. The zero-order valence-electron chi connectivity index (χ0n) is 15.9. The first kappa shape index (κ1) is 18.0. The normalized spacial score (nSPS) is 23.9. The lowest BCUT2D eigenvalue weighted by molar-refractivity contribution is -0.154. The van der Waals surface area contributed by atoms with Crippen molar-refractivity contribution in [2.45, 2.75) is 12.5 Å². The highest BCUT2D eigenvalue weighted by Crippen LogP contribution is 2.36. The van der Waals surface area contributed by atoms with Crippen molar-refractivity contribution < 1.29 is 9.47 Å². The van der Waals surface area contributed by atoms with Gasteiger partial charge >= 0.3 is 0 Å². The van der Waals surface area contributed by atoms with Crippen molar-refractivity contribution in [2.24, 2.45) is 9.98 Å². The summed E-state index contributed by atoms with van der Waals surface area (Å²) in [7, 11) is 0. The number of hydrogen-bond donors (Lipinski definition) is 1. The predicted molar refractivity (Wildman–Crippen MR) is 110 cm³/mol. The first-order chi connectivity index (χ1) is 14.4. The van der Waals surface area contributed by atoms with Gasteiger partial charge in [-0.1, -0.05) is 24.3 Å². The van der Waals surface area contributed by atoms with Gasteiger partial charge in [0.1, 0.15) is 6.34 Å². The third-order valence-electron chi connectivity index (χ3n) is 5.17. The zero-order chi connectivity index (χ0) is 19.5. The van der Waals surface area contributed by atoms with Crippen LogP contribution in [0.5, 0.6) is 0 Å². The summed E-state index contributed by atoms with van der Waals surface area (Å²) in [5.74, 6) is -0.184. The molecule has 3 aliphatic rings. The first-order valence-corrected chi connectivity index (χ1v) is 9.66. The molecule has 1 aromatic carbocycles. The Morgan fingerprint density at radius 2 is 1.97 bits per heavy atom. The molecule has 0 bridgehead atoms. The molecule has 148 valence electrons. The number of ether oxygens (including phenoxy) is 2. The Balaban J connectivity index is 1.48. The second kappa shape index (κ2) is 7.75. The van der Waals surface area contributed by atoms with Crippen LogP contribution >= 0.6 is 0 Å². The van der Waals surface area contributed by atoms with Crippen LogP contribution in [0.1, 0.15) is 5.56 Å². The Labute approximate surface area is 169 Å². The number of anilines is 1. The van der Waals surface area contributed by atoms with Gasteiger partial charge in [0.25, 0.3) is 5.85 Å². The van der Waals surface area contributed by atoms with Gasteiger partial charge in [-0.15, -0.1) is 0 Å². The molecular formula is C21H22N6O2. The van der Waals surface area contributed by atoms with E-state index in [1.54, 1.807) is 12.5 Å². The lowest BCUT2D eigenvalue weighted by atomic mass is 10.1. The Morgan fingerprint density at radius 3 is 2.76 bits per heavy atom. The van der Waals surface area contributed by atoms with E-state index in [0.29, 0.717) is 19.8 Å². The third kappa shape index (κ3) is 3.31. The molecule has 8 heteroatoms. The molecule has 5 rings (SSSR count). The molecule has 2 aromatic rings. The number of nitrogens with zero attached hydrogens (tertiary/aromatic N) is 5. The van der Waals surface area contributed by atoms with Gasteiger partial charge in [-0.3, -0.25) is 10.4 Å². The van der Waals surface area contributed by atoms with Crippen molar-refractivity contribution in [3.8, 4) is 0 Å². The monoisotopic (exact) mass is 390 g/mol. The van der Waals surface area contributed by atoms with Gasteiger partial charge in [-0.05, 0) is 23.8 Å². The van der Waals surface area contributed by atoms with E-state index in [4.69, 9.17) is 14.5 Å². The number of hydrazine groups is 1. The molecule has 0 saturated carbocycles. The lowest BCUT2D eigenvalue weighted by Gasteiger charge is -2.43. The summed E-state index contributed by atoms with van der Waals surface area (Å²) in [6.45, 7) is 3.12. The number of amidine groups is 1. The number of nitrogens with one attached hydrogen (secondary N) is 1. The maximum absolute atomic E-state index is 6.51. The zero-order valence-corrected chi connectivity index (χ0v) is 15.9. The van der Waals surface area contributed by atoms with E-state index >= 15 is 0 Å². The van der Waals surface area contributed by atoms with E-state index in [9.17, 15) is 0 Å². The predicted octanol–water partition coefficient (Wildman–Crippen LogP) is 1.93. The number of rotatable bonds is 5. The molecule has 0 radical (unpaired) electrons. The van der Waals surface area contributed by atoms with E-state index < -0.39 is 5.85 Å². The molecule has 1 unspecified atom stereocenters. The van der Waals surface area contributed by atoms with Crippen molar-refractivity contribution in [1.82, 2.24) is 15.3 Å². The van der Waals surface area contributed by atoms with Crippen LogP contribution in [0.25, 0.3) is 0 Å². The average Bonchev–Trinajstić information content (AvgIpc) is 3.25. The van der Waals surface area contributed by atoms with E-state index in [1.165, 1.54) is 0 Å². The standard InChI is InChI=1S/C21H22N6O2/c1-2-6-18(7-3-1)27-20-19(14-25-27)21(24-16-23-20,26-9-11-28-12-10-26)29-15-17-5-4-8-22-13-17/h1-8,13-14,16,25H,9-12,15H2.